The second-order valence-electron chi connectivity index (χ2n) is 6.09. The highest BCUT2D eigenvalue weighted by Gasteiger charge is 2.34. The van der Waals surface area contributed by atoms with Gasteiger partial charge in [-0.1, -0.05) is 17.4 Å². The number of nitrogens with zero attached hydrogens (tertiary/aromatic N) is 3. The molecule has 0 spiro atoms. The molecule has 1 aromatic heterocycles. The highest BCUT2D eigenvalue weighted by Crippen LogP contribution is 2.37. The molecule has 8 nitrogen and oxygen atoms in total. The molecular formula is C15H16BN3O5S. The molecule has 1 aromatic carbocycles. The summed E-state index contributed by atoms with van der Waals surface area (Å²) in [7, 11) is -0.985. The average molecular weight is 361 g/mol. The van der Waals surface area contributed by atoms with E-state index in [2.05, 4.69) is 10.2 Å². The predicted molar refractivity (Wildman–Crippen MR) is 91.8 cm³/mol. The molecule has 2 N–H and O–H groups in total. The minimum atomic E-state index is -1.13. The first-order valence-corrected chi connectivity index (χ1v) is 8.78. The largest absolute Gasteiger partial charge is 0.535 e. The maximum Gasteiger partial charge on any atom is 0.522 e. The van der Waals surface area contributed by atoms with Crippen molar-refractivity contribution in [3.05, 3.63) is 28.3 Å². The van der Waals surface area contributed by atoms with E-state index < -0.39 is 13.1 Å². The Hall–Kier alpha value is -2.33. The fourth-order valence-electron chi connectivity index (χ4n) is 2.98. The Morgan fingerprint density at radius 2 is 2.24 bits per heavy atom. The Kier molecular flexibility index (Phi) is 4.00. The van der Waals surface area contributed by atoms with Crippen LogP contribution in [0.15, 0.2) is 12.1 Å². The van der Waals surface area contributed by atoms with Crippen LogP contribution in [0.2, 0.25) is 6.32 Å². The van der Waals surface area contributed by atoms with Gasteiger partial charge in [-0.25, -0.2) is 4.79 Å². The van der Waals surface area contributed by atoms with Gasteiger partial charge in [0, 0.05) is 0 Å². The number of anilines is 1. The van der Waals surface area contributed by atoms with Crippen molar-refractivity contribution in [2.75, 3.05) is 18.0 Å². The third-order valence-corrected chi connectivity index (χ3v) is 5.16. The van der Waals surface area contributed by atoms with Gasteiger partial charge in [0.2, 0.25) is 5.13 Å². The number of hydrogen-bond donors (Lipinski definition) is 2. The number of rotatable bonds is 4. The molecule has 2 aromatic rings. The normalized spacial score (nSPS) is 16.9. The number of aryl methyl sites for hydroxylation is 2. The van der Waals surface area contributed by atoms with Crippen molar-refractivity contribution in [2.45, 2.75) is 25.8 Å². The molecule has 0 bridgehead atoms. The highest BCUT2D eigenvalue weighted by molar-refractivity contribution is 7.15. The minimum Gasteiger partial charge on any atom is -0.535 e. The first kappa shape index (κ1) is 16.2. The quantitative estimate of drug-likeness (QED) is 0.784. The minimum absolute atomic E-state index is 0.0264. The van der Waals surface area contributed by atoms with Gasteiger partial charge in [0.15, 0.2) is 0 Å². The van der Waals surface area contributed by atoms with Gasteiger partial charge in [0.25, 0.3) is 0 Å². The third kappa shape index (κ3) is 3.02. The standard InChI is InChI=1S/C15H16BN3O5S/c1-8-17-18-15(25-8)19-6-10(7-19)23-11-3-2-9-4-5-16(22)24-13(9)12(11)14(20)21/h2-3,10,22H,4-7H2,1H3,(H,20,21). The summed E-state index contributed by atoms with van der Waals surface area (Å²) in [4.78, 5) is 13.7. The Morgan fingerprint density at radius 1 is 1.44 bits per heavy atom. The van der Waals surface area contributed by atoms with Crippen molar-refractivity contribution < 1.29 is 24.3 Å². The number of carboxylic acids is 1. The number of carboxylic acid groups (broad SMARTS) is 1. The van der Waals surface area contributed by atoms with E-state index in [0.29, 0.717) is 25.8 Å². The lowest BCUT2D eigenvalue weighted by Crippen LogP contribution is -2.54. The second kappa shape index (κ2) is 6.19. The van der Waals surface area contributed by atoms with Gasteiger partial charge >= 0.3 is 13.1 Å². The highest BCUT2D eigenvalue weighted by atomic mass is 32.1. The summed E-state index contributed by atoms with van der Waals surface area (Å²) in [6.07, 6.45) is 0.893. The summed E-state index contributed by atoms with van der Waals surface area (Å²) in [5, 5.41) is 29.1. The van der Waals surface area contributed by atoms with Crippen molar-refractivity contribution in [1.82, 2.24) is 10.2 Å². The first-order chi connectivity index (χ1) is 12.0. The Balaban J connectivity index is 1.51. The van der Waals surface area contributed by atoms with E-state index in [0.717, 1.165) is 15.7 Å². The molecule has 130 valence electrons. The molecule has 0 saturated carbocycles. The number of benzene rings is 1. The van der Waals surface area contributed by atoms with Gasteiger partial charge in [-0.3, -0.25) is 0 Å². The van der Waals surface area contributed by atoms with Gasteiger partial charge in [0.1, 0.15) is 28.2 Å². The van der Waals surface area contributed by atoms with E-state index in [4.69, 9.17) is 9.39 Å². The van der Waals surface area contributed by atoms with E-state index in [1.165, 1.54) is 11.3 Å². The predicted octanol–water partition coefficient (Wildman–Crippen LogP) is 1.23. The molecule has 0 atom stereocenters. The number of carbonyl (C=O) groups is 1. The van der Waals surface area contributed by atoms with Crippen LogP contribution >= 0.6 is 11.3 Å². The van der Waals surface area contributed by atoms with Crippen LogP contribution in [0.3, 0.4) is 0 Å². The number of aromatic nitrogens is 2. The first-order valence-electron chi connectivity index (χ1n) is 7.97. The molecule has 2 aliphatic rings. The van der Waals surface area contributed by atoms with E-state index >= 15 is 0 Å². The van der Waals surface area contributed by atoms with E-state index in [1.54, 1.807) is 12.1 Å². The van der Waals surface area contributed by atoms with E-state index in [-0.39, 0.29) is 23.2 Å². The van der Waals surface area contributed by atoms with Crippen LogP contribution in [-0.2, 0) is 6.42 Å². The zero-order chi connectivity index (χ0) is 17.6. The van der Waals surface area contributed by atoms with Crippen LogP contribution in [0.5, 0.6) is 11.5 Å². The Morgan fingerprint density at radius 3 is 2.92 bits per heavy atom. The lowest BCUT2D eigenvalue weighted by atomic mass is 9.78. The van der Waals surface area contributed by atoms with Gasteiger partial charge in [-0.05, 0) is 31.3 Å². The number of fused-ring (bicyclic) bond motifs is 1. The van der Waals surface area contributed by atoms with Crippen LogP contribution in [0, 0.1) is 6.92 Å². The average Bonchev–Trinajstić information content (AvgIpc) is 2.95. The van der Waals surface area contributed by atoms with Crippen molar-refractivity contribution in [3.63, 3.8) is 0 Å². The molecule has 0 unspecified atom stereocenters. The zero-order valence-corrected chi connectivity index (χ0v) is 14.3. The van der Waals surface area contributed by atoms with Crippen LogP contribution in [-0.4, -0.2) is 52.6 Å². The third-order valence-electron chi connectivity index (χ3n) is 4.26. The number of ether oxygens (including phenoxy) is 1. The SMILES string of the molecule is Cc1nnc(N2CC(Oc3ccc4c(c3C(=O)O)OB(O)CC4)C2)s1. The molecule has 0 aliphatic carbocycles. The van der Waals surface area contributed by atoms with Crippen molar-refractivity contribution in [1.29, 1.82) is 0 Å². The Bertz CT molecular complexity index is 823. The molecule has 1 saturated heterocycles. The monoisotopic (exact) mass is 361 g/mol. The van der Waals surface area contributed by atoms with Crippen LogP contribution in [0.1, 0.15) is 20.9 Å². The van der Waals surface area contributed by atoms with Crippen LogP contribution < -0.4 is 14.3 Å². The van der Waals surface area contributed by atoms with Crippen molar-refractivity contribution in [2.24, 2.45) is 0 Å². The summed E-state index contributed by atoms with van der Waals surface area (Å²) < 4.78 is 11.2. The van der Waals surface area contributed by atoms with Crippen molar-refractivity contribution in [3.8, 4) is 11.5 Å². The van der Waals surface area contributed by atoms with Gasteiger partial charge in [0.05, 0.1) is 13.1 Å². The lowest BCUT2D eigenvalue weighted by Gasteiger charge is -2.38. The Labute approximate surface area is 148 Å². The molecule has 10 heteroatoms. The second-order valence-corrected chi connectivity index (χ2v) is 7.25. The maximum absolute atomic E-state index is 11.7. The summed E-state index contributed by atoms with van der Waals surface area (Å²) in [6, 6.07) is 3.47. The molecular weight excluding hydrogens is 345 g/mol. The van der Waals surface area contributed by atoms with E-state index in [9.17, 15) is 14.9 Å². The fraction of sp³-hybridized carbons (Fsp3) is 0.400. The molecule has 25 heavy (non-hydrogen) atoms. The topological polar surface area (TPSA) is 105 Å². The smallest absolute Gasteiger partial charge is 0.522 e. The van der Waals surface area contributed by atoms with Gasteiger partial charge in [-0.2, -0.15) is 0 Å². The lowest BCUT2D eigenvalue weighted by molar-refractivity contribution is 0.0684. The van der Waals surface area contributed by atoms with Crippen molar-refractivity contribution >= 4 is 29.6 Å². The van der Waals surface area contributed by atoms with Crippen LogP contribution in [0.4, 0.5) is 5.13 Å². The van der Waals surface area contributed by atoms with Gasteiger partial charge < -0.3 is 24.4 Å². The van der Waals surface area contributed by atoms with E-state index in [1.807, 2.05) is 11.8 Å². The molecule has 3 heterocycles. The number of hydrogen-bond acceptors (Lipinski definition) is 8. The maximum atomic E-state index is 11.7. The zero-order valence-electron chi connectivity index (χ0n) is 13.5. The molecule has 1 fully saturated rings. The fourth-order valence-corrected chi connectivity index (χ4v) is 3.68. The molecule has 0 amide bonds. The van der Waals surface area contributed by atoms with Crippen LogP contribution in [0.25, 0.3) is 0 Å². The summed E-state index contributed by atoms with van der Waals surface area (Å²) in [6.45, 7) is 3.14. The molecule has 0 radical (unpaired) electrons. The number of aromatic carboxylic acids is 1. The van der Waals surface area contributed by atoms with Gasteiger partial charge in [-0.15, -0.1) is 10.2 Å². The summed E-state index contributed by atoms with van der Waals surface area (Å²) >= 11 is 1.51. The summed E-state index contributed by atoms with van der Waals surface area (Å²) in [5.74, 6) is -0.657. The summed E-state index contributed by atoms with van der Waals surface area (Å²) in [5.41, 5.74) is 0.746. The molecule has 4 rings (SSSR count). The molecule has 2 aliphatic heterocycles.